The Morgan fingerprint density at radius 1 is 1.25 bits per heavy atom. The minimum atomic E-state index is 0.171. The van der Waals surface area contributed by atoms with E-state index < -0.39 is 0 Å². The van der Waals surface area contributed by atoms with Gasteiger partial charge in [0.2, 0.25) is 5.91 Å². The summed E-state index contributed by atoms with van der Waals surface area (Å²) in [5.41, 5.74) is 0. The molecule has 0 aliphatic heterocycles. The highest BCUT2D eigenvalue weighted by Crippen LogP contribution is 1.94. The van der Waals surface area contributed by atoms with Crippen molar-refractivity contribution in [2.75, 3.05) is 33.9 Å². The monoisotopic (exact) mass is 230 g/mol. The Bertz CT molecular complexity index is 182. The minimum absolute atomic E-state index is 0.171. The normalized spacial score (nSPS) is 10.8. The lowest BCUT2D eigenvalue weighted by molar-refractivity contribution is -0.129. The summed E-state index contributed by atoms with van der Waals surface area (Å²) in [6.07, 6.45) is 2.42. The van der Waals surface area contributed by atoms with E-state index in [2.05, 4.69) is 19.2 Å². The highest BCUT2D eigenvalue weighted by molar-refractivity contribution is 5.75. The molecule has 0 aliphatic rings. The van der Waals surface area contributed by atoms with E-state index in [9.17, 15) is 4.79 Å². The Morgan fingerprint density at radius 2 is 1.88 bits per heavy atom. The van der Waals surface area contributed by atoms with E-state index in [1.807, 2.05) is 0 Å². The van der Waals surface area contributed by atoms with Crippen LogP contribution >= 0.6 is 0 Å². The predicted molar refractivity (Wildman–Crippen MR) is 66.5 cm³/mol. The zero-order valence-corrected chi connectivity index (χ0v) is 11.1. The highest BCUT2D eigenvalue weighted by atomic mass is 16.5. The maximum atomic E-state index is 11.2. The van der Waals surface area contributed by atoms with Gasteiger partial charge < -0.3 is 15.0 Å². The second-order valence-electron chi connectivity index (χ2n) is 4.47. The van der Waals surface area contributed by atoms with Crippen molar-refractivity contribution in [3.05, 3.63) is 0 Å². The van der Waals surface area contributed by atoms with Gasteiger partial charge in [0.15, 0.2) is 0 Å². The smallest absolute Gasteiger partial charge is 0.222 e. The first kappa shape index (κ1) is 15.4. The molecule has 0 aromatic heterocycles. The average Bonchev–Trinajstić information content (AvgIpc) is 2.21. The summed E-state index contributed by atoms with van der Waals surface area (Å²) in [4.78, 5) is 12.8. The van der Waals surface area contributed by atoms with Gasteiger partial charge in [0, 0.05) is 39.8 Å². The van der Waals surface area contributed by atoms with Crippen LogP contribution in [0.1, 0.15) is 33.1 Å². The zero-order chi connectivity index (χ0) is 12.4. The largest absolute Gasteiger partial charge is 0.381 e. The molecular weight excluding hydrogens is 204 g/mol. The lowest BCUT2D eigenvalue weighted by Gasteiger charge is -2.10. The number of hydrogen-bond donors (Lipinski definition) is 1. The average molecular weight is 230 g/mol. The lowest BCUT2D eigenvalue weighted by Crippen LogP contribution is -2.24. The fourth-order valence-electron chi connectivity index (χ4n) is 1.22. The van der Waals surface area contributed by atoms with E-state index in [1.54, 1.807) is 19.0 Å². The van der Waals surface area contributed by atoms with Gasteiger partial charge in [-0.05, 0) is 19.4 Å². The summed E-state index contributed by atoms with van der Waals surface area (Å²) in [6, 6.07) is 0.540. The highest BCUT2D eigenvalue weighted by Gasteiger charge is 2.02. The topological polar surface area (TPSA) is 41.6 Å². The molecule has 0 aromatic carbocycles. The Kier molecular flexibility index (Phi) is 9.24. The number of hydrogen-bond acceptors (Lipinski definition) is 3. The molecular formula is C12H26N2O2. The van der Waals surface area contributed by atoms with E-state index in [0.29, 0.717) is 19.1 Å². The first-order valence-electron chi connectivity index (χ1n) is 6.05. The number of carbonyl (C=O) groups excluding carboxylic acids is 1. The maximum absolute atomic E-state index is 11.2. The number of amides is 1. The quantitative estimate of drug-likeness (QED) is 0.606. The minimum Gasteiger partial charge on any atom is -0.381 e. The van der Waals surface area contributed by atoms with Crippen LogP contribution in [0.2, 0.25) is 0 Å². The van der Waals surface area contributed by atoms with E-state index >= 15 is 0 Å². The molecule has 0 rings (SSSR count). The molecule has 0 heterocycles. The summed E-state index contributed by atoms with van der Waals surface area (Å²) in [7, 11) is 3.56. The van der Waals surface area contributed by atoms with E-state index in [-0.39, 0.29) is 5.91 Å². The van der Waals surface area contributed by atoms with Gasteiger partial charge in [-0.25, -0.2) is 0 Å². The first-order valence-corrected chi connectivity index (χ1v) is 6.05. The van der Waals surface area contributed by atoms with Gasteiger partial charge in [0.25, 0.3) is 0 Å². The molecule has 0 fully saturated rings. The van der Waals surface area contributed by atoms with Gasteiger partial charge >= 0.3 is 0 Å². The van der Waals surface area contributed by atoms with E-state index in [1.165, 1.54) is 0 Å². The summed E-state index contributed by atoms with van der Waals surface area (Å²) >= 11 is 0. The fraction of sp³-hybridized carbons (Fsp3) is 0.917. The Morgan fingerprint density at radius 3 is 2.44 bits per heavy atom. The van der Waals surface area contributed by atoms with Crippen LogP contribution in [0, 0.1) is 0 Å². The molecule has 0 radical (unpaired) electrons. The van der Waals surface area contributed by atoms with Crippen LogP contribution in [0.15, 0.2) is 0 Å². The molecule has 0 unspecified atom stereocenters. The van der Waals surface area contributed by atoms with E-state index in [4.69, 9.17) is 4.74 Å². The summed E-state index contributed by atoms with van der Waals surface area (Å²) in [5.74, 6) is 0.171. The Hall–Kier alpha value is -0.610. The van der Waals surface area contributed by atoms with Gasteiger partial charge in [0.05, 0.1) is 0 Å². The first-order chi connectivity index (χ1) is 7.54. The second kappa shape index (κ2) is 9.60. The van der Waals surface area contributed by atoms with Crippen LogP contribution in [-0.4, -0.2) is 50.7 Å². The van der Waals surface area contributed by atoms with Gasteiger partial charge in [-0.1, -0.05) is 13.8 Å². The molecule has 0 bridgehead atoms. The summed E-state index contributed by atoms with van der Waals surface area (Å²) in [6.45, 7) is 6.72. The van der Waals surface area contributed by atoms with Crippen molar-refractivity contribution in [1.82, 2.24) is 10.2 Å². The van der Waals surface area contributed by atoms with E-state index in [0.717, 1.165) is 26.0 Å². The van der Waals surface area contributed by atoms with Crippen molar-refractivity contribution in [2.24, 2.45) is 0 Å². The molecule has 4 heteroatoms. The molecule has 0 aliphatic carbocycles. The van der Waals surface area contributed by atoms with Gasteiger partial charge in [-0.3, -0.25) is 4.79 Å². The molecule has 4 nitrogen and oxygen atoms in total. The Labute approximate surface area is 99.3 Å². The Balaban J connectivity index is 3.13. The van der Waals surface area contributed by atoms with Crippen molar-refractivity contribution in [3.8, 4) is 0 Å². The number of nitrogens with zero attached hydrogens (tertiary/aromatic N) is 1. The van der Waals surface area contributed by atoms with Crippen molar-refractivity contribution in [3.63, 3.8) is 0 Å². The SMILES string of the molecule is CC(C)NCCCOCCCC(=O)N(C)C. The van der Waals surface area contributed by atoms with Crippen LogP contribution in [0.25, 0.3) is 0 Å². The van der Waals surface area contributed by atoms with Crippen LogP contribution in [-0.2, 0) is 9.53 Å². The van der Waals surface area contributed by atoms with Crippen LogP contribution in [0.4, 0.5) is 0 Å². The van der Waals surface area contributed by atoms with Gasteiger partial charge in [-0.2, -0.15) is 0 Å². The number of rotatable bonds is 9. The van der Waals surface area contributed by atoms with Crippen molar-refractivity contribution in [2.45, 2.75) is 39.2 Å². The third kappa shape index (κ3) is 9.93. The molecule has 0 aromatic rings. The van der Waals surface area contributed by atoms with Crippen molar-refractivity contribution < 1.29 is 9.53 Å². The molecule has 1 N–H and O–H groups in total. The van der Waals surface area contributed by atoms with Crippen LogP contribution in [0.5, 0.6) is 0 Å². The van der Waals surface area contributed by atoms with Crippen LogP contribution < -0.4 is 5.32 Å². The number of carbonyl (C=O) groups is 1. The maximum Gasteiger partial charge on any atom is 0.222 e. The number of nitrogens with one attached hydrogen (secondary N) is 1. The molecule has 0 spiro atoms. The third-order valence-corrected chi connectivity index (χ3v) is 2.20. The third-order valence-electron chi connectivity index (χ3n) is 2.20. The fourth-order valence-corrected chi connectivity index (χ4v) is 1.22. The molecule has 0 saturated carbocycles. The standard InChI is InChI=1S/C12H26N2O2/c1-11(2)13-8-6-10-16-9-5-7-12(15)14(3)4/h11,13H,5-10H2,1-4H3. The molecule has 0 atom stereocenters. The van der Waals surface area contributed by atoms with Crippen molar-refractivity contribution >= 4 is 5.91 Å². The molecule has 16 heavy (non-hydrogen) atoms. The van der Waals surface area contributed by atoms with Gasteiger partial charge in [-0.15, -0.1) is 0 Å². The lowest BCUT2D eigenvalue weighted by atomic mass is 10.3. The van der Waals surface area contributed by atoms with Crippen LogP contribution in [0.3, 0.4) is 0 Å². The predicted octanol–water partition coefficient (Wildman–Crippen LogP) is 1.26. The van der Waals surface area contributed by atoms with Gasteiger partial charge in [0.1, 0.15) is 0 Å². The summed E-state index contributed by atoms with van der Waals surface area (Å²) < 4.78 is 5.43. The second-order valence-corrected chi connectivity index (χ2v) is 4.47. The molecule has 0 saturated heterocycles. The summed E-state index contributed by atoms with van der Waals surface area (Å²) in [5, 5.41) is 3.33. The number of ether oxygens (including phenoxy) is 1. The zero-order valence-electron chi connectivity index (χ0n) is 11.1. The van der Waals surface area contributed by atoms with Crippen molar-refractivity contribution in [1.29, 1.82) is 0 Å². The molecule has 1 amide bonds. The molecule has 96 valence electrons.